The first kappa shape index (κ1) is 51.8. The maximum Gasteiger partial charge on any atom is 0.408 e. The molecule has 2 saturated carbocycles. The number of carbonyl (C=O) groups is 7. The molecule has 2 saturated heterocycles. The molecule has 352 valence electrons. The minimum Gasteiger partial charge on any atom is -0.480 e. The van der Waals surface area contributed by atoms with E-state index >= 15 is 0 Å². The lowest BCUT2D eigenvalue weighted by atomic mass is 9.85. The number of aliphatic hydroxyl groups excluding tert-OH is 2. The van der Waals surface area contributed by atoms with Gasteiger partial charge < -0.3 is 50.5 Å². The molecular formula is C41H68N6O14S. The molecule has 2 aliphatic heterocycles. The Morgan fingerprint density at radius 3 is 1.47 bits per heavy atom. The number of aliphatic carboxylic acids is 1. The number of alkyl carbamates (subject to hydrolysis) is 2. The highest BCUT2D eigenvalue weighted by Crippen LogP contribution is 2.45. The smallest absolute Gasteiger partial charge is 0.408 e. The molecule has 4 aliphatic rings. The van der Waals surface area contributed by atoms with Crippen molar-refractivity contribution in [3.8, 4) is 0 Å². The summed E-state index contributed by atoms with van der Waals surface area (Å²) in [5.74, 6) is -4.36. The van der Waals surface area contributed by atoms with E-state index in [-0.39, 0.29) is 32.4 Å². The van der Waals surface area contributed by atoms with Gasteiger partial charge in [-0.05, 0) is 71.6 Å². The first-order chi connectivity index (χ1) is 28.0. The van der Waals surface area contributed by atoms with Crippen LogP contribution in [0.4, 0.5) is 9.59 Å². The third-order valence-electron chi connectivity index (χ3n) is 10.5. The van der Waals surface area contributed by atoms with Crippen molar-refractivity contribution in [3.05, 3.63) is 12.7 Å². The molecule has 6 amide bonds. The zero-order chi connectivity index (χ0) is 47.7. The average molecular weight is 901 g/mol. The number of likely N-dealkylation sites (tertiary alicyclic amines) is 2. The summed E-state index contributed by atoms with van der Waals surface area (Å²) in [6, 6.07) is -4.29. The minimum atomic E-state index is -3.84. The molecule has 0 radical (unpaired) electrons. The van der Waals surface area contributed by atoms with Crippen LogP contribution in [0.15, 0.2) is 12.7 Å². The Morgan fingerprint density at radius 1 is 0.726 bits per heavy atom. The number of ether oxygens (including phenoxy) is 2. The Labute approximate surface area is 364 Å². The summed E-state index contributed by atoms with van der Waals surface area (Å²) < 4.78 is 37.3. The van der Waals surface area contributed by atoms with Crippen LogP contribution in [-0.2, 0) is 43.5 Å². The Kier molecular flexibility index (Phi) is 15.6. The van der Waals surface area contributed by atoms with Gasteiger partial charge in [0, 0.05) is 31.8 Å². The van der Waals surface area contributed by atoms with Crippen molar-refractivity contribution in [2.45, 2.75) is 174 Å². The largest absolute Gasteiger partial charge is 0.480 e. The lowest BCUT2D eigenvalue weighted by molar-refractivity contribution is -0.150. The van der Waals surface area contributed by atoms with Crippen LogP contribution in [0.3, 0.4) is 0 Å². The summed E-state index contributed by atoms with van der Waals surface area (Å²) >= 11 is 0. The van der Waals surface area contributed by atoms with E-state index < -0.39 is 127 Å². The van der Waals surface area contributed by atoms with E-state index in [9.17, 15) is 57.3 Å². The lowest BCUT2D eigenvalue weighted by Gasteiger charge is -2.36. The number of carboxylic acid groups (broad SMARTS) is 1. The number of carbonyl (C=O) groups excluding carboxylic acids is 6. The van der Waals surface area contributed by atoms with Crippen LogP contribution in [0.1, 0.15) is 115 Å². The Hall–Kier alpha value is -4.50. The van der Waals surface area contributed by atoms with Crippen molar-refractivity contribution in [1.29, 1.82) is 0 Å². The molecule has 4 fully saturated rings. The van der Waals surface area contributed by atoms with Crippen molar-refractivity contribution in [1.82, 2.24) is 30.5 Å². The molecule has 62 heavy (non-hydrogen) atoms. The minimum absolute atomic E-state index is 0.0234. The van der Waals surface area contributed by atoms with Gasteiger partial charge in [-0.15, -0.1) is 6.58 Å². The maximum atomic E-state index is 13.6. The van der Waals surface area contributed by atoms with Gasteiger partial charge in [0.2, 0.25) is 27.7 Å². The fraction of sp³-hybridized carbons (Fsp3) is 0.780. The summed E-state index contributed by atoms with van der Waals surface area (Å²) in [5, 5.41) is 36.5. The predicted molar refractivity (Wildman–Crippen MR) is 224 cm³/mol. The zero-order valence-electron chi connectivity index (χ0n) is 38.0. The number of β-amino-alcohol motifs (C(OH)–C–C–N with tert-alkyl or cyclic N) is 2. The second-order valence-corrected chi connectivity index (χ2v) is 22.7. The highest BCUT2D eigenvalue weighted by atomic mass is 32.2. The monoisotopic (exact) mass is 900 g/mol. The number of amides is 6. The first-order valence-electron chi connectivity index (χ1n) is 20.7. The normalized spacial score (nSPS) is 26.1. The van der Waals surface area contributed by atoms with Crippen molar-refractivity contribution in [3.63, 3.8) is 0 Å². The van der Waals surface area contributed by atoms with Gasteiger partial charge >= 0.3 is 18.2 Å². The van der Waals surface area contributed by atoms with Crippen LogP contribution in [0.2, 0.25) is 0 Å². The van der Waals surface area contributed by atoms with Crippen LogP contribution in [0.25, 0.3) is 0 Å². The number of hydrogen-bond donors (Lipinski definition) is 7. The van der Waals surface area contributed by atoms with E-state index in [1.54, 1.807) is 83.1 Å². The molecule has 0 aromatic carbocycles. The van der Waals surface area contributed by atoms with E-state index in [0.29, 0.717) is 12.8 Å². The molecule has 0 aromatic rings. The highest BCUT2D eigenvalue weighted by Gasteiger charge is 2.62. The van der Waals surface area contributed by atoms with E-state index in [0.717, 1.165) is 4.90 Å². The number of hydrogen-bond acceptors (Lipinski definition) is 13. The standard InChI is InChI=1S/C25H40N4O8S.C16H28N2O6/c1-8-14-12-25(14,21(33)28-38(35,36)16-9-10-16)27-19(31)17-11-15(30)13-29(17)20(32)18(23(2,3)4)26-22(34)37-24(5,6)7;1-15(2,3)11(17-14(23)24-16(4,5)6)12(20)18-8-9(19)7-10(18)13(21)22/h8,14-18,30H,1,9-13H2,2-7H3,(H,26,34)(H,27,31)(H,28,33);9-11,19H,7-8H2,1-6H3,(H,17,23)(H,21,22)/t14-,15-,17+,18-,25-;9-,10+,11-/m11/s1. The average Bonchev–Trinajstić information content (AvgIpc) is 3.99. The topological polar surface area (TPSA) is 287 Å². The van der Waals surface area contributed by atoms with Crippen molar-refractivity contribution in [2.24, 2.45) is 16.7 Å². The molecule has 21 heteroatoms. The Bertz CT molecular complexity index is 1860. The number of nitrogens with zero attached hydrogens (tertiary/aromatic N) is 2. The second-order valence-electron chi connectivity index (χ2n) is 20.7. The quantitative estimate of drug-likeness (QED) is 0.145. The summed E-state index contributed by atoms with van der Waals surface area (Å²) in [6.45, 7) is 24.1. The van der Waals surface area contributed by atoms with Gasteiger partial charge in [-0.25, -0.2) is 22.8 Å². The number of sulfonamides is 1. The van der Waals surface area contributed by atoms with Crippen LogP contribution in [0, 0.1) is 16.7 Å². The van der Waals surface area contributed by atoms with Crippen LogP contribution < -0.4 is 20.7 Å². The van der Waals surface area contributed by atoms with Gasteiger partial charge in [-0.2, -0.15) is 0 Å². The maximum absolute atomic E-state index is 13.6. The molecule has 4 rings (SSSR count). The SMILES string of the molecule is C=C[C@@H]1C[C@]1(NC(=O)[C@@H]1C[C@@H](O)CN1C(=O)[C@@H](NC(=O)OC(C)(C)C)C(C)(C)C)C(=O)NS(=O)(=O)C1CC1.CC(C)(C)OC(=O)N[C@H](C(=O)N1C[C@H](O)C[C@H]1C(=O)O)C(C)(C)C. The third-order valence-corrected chi connectivity index (χ3v) is 12.3. The van der Waals surface area contributed by atoms with Crippen LogP contribution in [0.5, 0.6) is 0 Å². The fourth-order valence-electron chi connectivity index (χ4n) is 7.10. The summed E-state index contributed by atoms with van der Waals surface area (Å²) in [5.41, 5.74) is -4.46. The van der Waals surface area contributed by atoms with Gasteiger partial charge in [0.15, 0.2) is 0 Å². The molecule has 0 spiro atoms. The van der Waals surface area contributed by atoms with Crippen LogP contribution >= 0.6 is 0 Å². The Morgan fingerprint density at radius 2 is 1.13 bits per heavy atom. The molecule has 0 bridgehead atoms. The third kappa shape index (κ3) is 13.7. The number of rotatable bonds is 11. The lowest BCUT2D eigenvalue weighted by Crippen LogP contribution is -2.60. The second kappa shape index (κ2) is 18.7. The van der Waals surface area contributed by atoms with E-state index in [1.807, 2.05) is 0 Å². The molecule has 0 unspecified atom stereocenters. The molecule has 2 aliphatic carbocycles. The van der Waals surface area contributed by atoms with E-state index in [1.165, 1.54) is 11.0 Å². The summed E-state index contributed by atoms with van der Waals surface area (Å²) in [7, 11) is -3.84. The summed E-state index contributed by atoms with van der Waals surface area (Å²) in [4.78, 5) is 91.1. The molecule has 20 nitrogen and oxygen atoms in total. The number of nitrogens with one attached hydrogen (secondary N) is 4. The summed E-state index contributed by atoms with van der Waals surface area (Å²) in [6.07, 6.45) is -0.996. The highest BCUT2D eigenvalue weighted by molar-refractivity contribution is 7.91. The Balaban J connectivity index is 0.000000368. The van der Waals surface area contributed by atoms with Gasteiger partial charge in [0.1, 0.15) is 40.9 Å². The zero-order valence-corrected chi connectivity index (χ0v) is 38.8. The first-order valence-corrected chi connectivity index (χ1v) is 22.3. The van der Waals surface area contributed by atoms with Gasteiger partial charge in [0.05, 0.1) is 17.5 Å². The van der Waals surface area contributed by atoms with E-state index in [4.69, 9.17) is 9.47 Å². The number of aliphatic hydroxyl groups is 2. The predicted octanol–water partition coefficient (Wildman–Crippen LogP) is 1.53. The fourth-order valence-corrected chi connectivity index (χ4v) is 8.46. The molecule has 7 N–H and O–H groups in total. The van der Waals surface area contributed by atoms with Crippen molar-refractivity contribution < 1.29 is 66.8 Å². The molecule has 2 heterocycles. The van der Waals surface area contributed by atoms with Gasteiger partial charge in [0.25, 0.3) is 5.91 Å². The molecule has 8 atom stereocenters. The van der Waals surface area contributed by atoms with Crippen LogP contribution in [-0.4, -0.2) is 147 Å². The number of carboxylic acids is 1. The van der Waals surface area contributed by atoms with Crippen molar-refractivity contribution >= 4 is 51.8 Å². The van der Waals surface area contributed by atoms with Gasteiger partial charge in [-0.1, -0.05) is 47.6 Å². The van der Waals surface area contributed by atoms with Gasteiger partial charge in [-0.3, -0.25) is 23.9 Å². The van der Waals surface area contributed by atoms with E-state index in [2.05, 4.69) is 27.3 Å². The molecular weight excluding hydrogens is 833 g/mol. The van der Waals surface area contributed by atoms with Crippen molar-refractivity contribution in [2.75, 3.05) is 13.1 Å². The molecule has 0 aromatic heterocycles.